The van der Waals surface area contributed by atoms with Gasteiger partial charge < -0.3 is 35.8 Å². The van der Waals surface area contributed by atoms with E-state index in [9.17, 15) is 9.90 Å². The van der Waals surface area contributed by atoms with Crippen LogP contribution in [0.4, 0.5) is 10.6 Å². The Kier molecular flexibility index (Phi) is 10.0. The summed E-state index contributed by atoms with van der Waals surface area (Å²) in [6.45, 7) is 6.90. The average Bonchev–Trinajstić information content (AvgIpc) is 3.40. The number of hydrogen-bond donors (Lipinski definition) is 4. The number of anilines is 1. The minimum absolute atomic E-state index is 0.0281. The third kappa shape index (κ3) is 7.08. The van der Waals surface area contributed by atoms with E-state index in [0.29, 0.717) is 47.5 Å². The van der Waals surface area contributed by atoms with E-state index in [-0.39, 0.29) is 18.7 Å². The van der Waals surface area contributed by atoms with E-state index in [4.69, 9.17) is 20.2 Å². The lowest BCUT2D eigenvalue weighted by Crippen LogP contribution is -2.46. The predicted molar refractivity (Wildman–Crippen MR) is 159 cm³/mol. The molecule has 3 aromatic heterocycles. The number of carbonyl (C=O) groups is 1. The number of hydrogen-bond acceptors (Lipinski definition) is 11. The molecule has 2 aliphatic rings. The van der Waals surface area contributed by atoms with E-state index < -0.39 is 6.09 Å². The summed E-state index contributed by atoms with van der Waals surface area (Å²) in [5.41, 5.74) is 8.28. The monoisotopic (exact) mass is 581 g/mol. The first-order chi connectivity index (χ1) is 20.5. The normalized spacial score (nSPS) is 17.8. The first-order valence-electron chi connectivity index (χ1n) is 15.0. The molecule has 228 valence electrons. The van der Waals surface area contributed by atoms with Gasteiger partial charge in [0.05, 0.1) is 19.9 Å². The van der Waals surface area contributed by atoms with Gasteiger partial charge in [-0.2, -0.15) is 15.1 Å². The second-order valence-electron chi connectivity index (χ2n) is 11.2. The van der Waals surface area contributed by atoms with Crippen molar-refractivity contribution in [3.8, 4) is 11.8 Å². The highest BCUT2D eigenvalue weighted by Crippen LogP contribution is 2.33. The van der Waals surface area contributed by atoms with Crippen molar-refractivity contribution < 1.29 is 19.4 Å². The van der Waals surface area contributed by atoms with Crippen LogP contribution >= 0.6 is 0 Å². The fourth-order valence-electron chi connectivity index (χ4n) is 6.24. The second-order valence-corrected chi connectivity index (χ2v) is 11.2. The zero-order valence-corrected chi connectivity index (χ0v) is 24.6. The van der Waals surface area contributed by atoms with Crippen molar-refractivity contribution in [2.75, 3.05) is 45.2 Å². The van der Waals surface area contributed by atoms with Crippen molar-refractivity contribution in [3.63, 3.8) is 0 Å². The molecular weight excluding hydrogens is 538 g/mol. The standard InChI is InChI=1S/C29H43N9O4/c1-3-4-21(9-14-39)34-27-26-23(35-29(36-27)42-28(30)40)17-33-38(26)18-24-25(41-2)15-20(16-32-24)19-7-12-37(13-8-19)22-5-10-31-11-6-22/h15-17,19,21-22,31,39H,3-14,18H2,1-2H3,(H2,30,40)(H,34,35,36). The van der Waals surface area contributed by atoms with Crippen LogP contribution in [0, 0.1) is 0 Å². The molecule has 1 unspecified atom stereocenters. The molecule has 2 fully saturated rings. The number of ether oxygens (including phenoxy) is 2. The van der Waals surface area contributed by atoms with E-state index in [2.05, 4.69) is 43.6 Å². The molecule has 13 heteroatoms. The Labute approximate surface area is 246 Å². The van der Waals surface area contributed by atoms with E-state index in [1.165, 1.54) is 18.4 Å². The van der Waals surface area contributed by atoms with Gasteiger partial charge in [0.1, 0.15) is 22.5 Å². The molecule has 0 bridgehead atoms. The number of methoxy groups -OCH3 is 1. The quantitative estimate of drug-likeness (QED) is 0.248. The summed E-state index contributed by atoms with van der Waals surface area (Å²) in [4.78, 5) is 27.7. The number of likely N-dealkylation sites (tertiary alicyclic amines) is 1. The van der Waals surface area contributed by atoms with Crippen molar-refractivity contribution in [2.24, 2.45) is 5.73 Å². The van der Waals surface area contributed by atoms with Crippen molar-refractivity contribution in [1.29, 1.82) is 0 Å². The van der Waals surface area contributed by atoms with Crippen LogP contribution in [-0.4, -0.2) is 92.8 Å². The summed E-state index contributed by atoms with van der Waals surface area (Å²) in [6.07, 6.45) is 9.54. The van der Waals surface area contributed by atoms with Crippen LogP contribution in [0.3, 0.4) is 0 Å². The van der Waals surface area contributed by atoms with Gasteiger partial charge in [-0.25, -0.2) is 4.79 Å². The lowest BCUT2D eigenvalue weighted by Gasteiger charge is -2.39. The van der Waals surface area contributed by atoms with Crippen LogP contribution in [0.2, 0.25) is 0 Å². The van der Waals surface area contributed by atoms with Crippen LogP contribution in [0.25, 0.3) is 11.0 Å². The highest BCUT2D eigenvalue weighted by molar-refractivity contribution is 5.86. The number of fused-ring (bicyclic) bond motifs is 1. The van der Waals surface area contributed by atoms with Crippen LogP contribution in [-0.2, 0) is 6.54 Å². The van der Waals surface area contributed by atoms with Crippen molar-refractivity contribution in [2.45, 2.75) is 76.4 Å². The Balaban J connectivity index is 1.36. The maximum atomic E-state index is 11.4. The van der Waals surface area contributed by atoms with Gasteiger partial charge in [-0.3, -0.25) is 9.67 Å². The Morgan fingerprint density at radius 2 is 1.98 bits per heavy atom. The van der Waals surface area contributed by atoms with Crippen molar-refractivity contribution in [1.82, 2.24) is 34.9 Å². The van der Waals surface area contributed by atoms with Crippen LogP contribution in [0.15, 0.2) is 18.5 Å². The second kappa shape index (κ2) is 14.1. The molecule has 1 atom stereocenters. The Bertz CT molecular complexity index is 1330. The minimum Gasteiger partial charge on any atom is -0.495 e. The minimum atomic E-state index is -1.00. The summed E-state index contributed by atoms with van der Waals surface area (Å²) in [6, 6.07) is 2.61. The van der Waals surface area contributed by atoms with E-state index in [1.807, 2.05) is 6.20 Å². The van der Waals surface area contributed by atoms with E-state index >= 15 is 0 Å². The van der Waals surface area contributed by atoms with Gasteiger partial charge in [0.2, 0.25) is 0 Å². The number of piperidine rings is 2. The maximum Gasteiger partial charge on any atom is 0.412 e. The lowest BCUT2D eigenvalue weighted by molar-refractivity contribution is 0.127. The topological polar surface area (TPSA) is 166 Å². The molecule has 5 N–H and O–H groups in total. The number of aliphatic hydroxyl groups excluding tert-OH is 1. The summed E-state index contributed by atoms with van der Waals surface area (Å²) in [5, 5.41) is 21.0. The molecule has 5 rings (SSSR count). The average molecular weight is 582 g/mol. The molecule has 1 amide bonds. The number of nitrogens with zero attached hydrogens (tertiary/aromatic N) is 6. The summed E-state index contributed by atoms with van der Waals surface area (Å²) in [5.74, 6) is 1.61. The van der Waals surface area contributed by atoms with E-state index in [1.54, 1.807) is 18.0 Å². The van der Waals surface area contributed by atoms with Crippen LogP contribution in [0.5, 0.6) is 11.8 Å². The fraction of sp³-hybridized carbons (Fsp3) is 0.621. The zero-order valence-electron chi connectivity index (χ0n) is 24.6. The molecule has 2 saturated heterocycles. The lowest BCUT2D eigenvalue weighted by atomic mass is 9.88. The molecule has 5 heterocycles. The van der Waals surface area contributed by atoms with Gasteiger partial charge in [0.25, 0.3) is 0 Å². The molecule has 3 aromatic rings. The van der Waals surface area contributed by atoms with E-state index in [0.717, 1.165) is 57.6 Å². The van der Waals surface area contributed by atoms with Gasteiger partial charge in [0.15, 0.2) is 5.82 Å². The van der Waals surface area contributed by atoms with Crippen LogP contribution in [0.1, 0.15) is 69.0 Å². The van der Waals surface area contributed by atoms with Crippen LogP contribution < -0.4 is 25.8 Å². The largest absolute Gasteiger partial charge is 0.495 e. The number of rotatable bonds is 12. The molecule has 0 radical (unpaired) electrons. The maximum absolute atomic E-state index is 11.4. The molecule has 13 nitrogen and oxygen atoms in total. The third-order valence-corrected chi connectivity index (χ3v) is 8.41. The number of primary amides is 1. The number of nitrogens with two attached hydrogens (primary N) is 1. The van der Waals surface area contributed by atoms with Gasteiger partial charge in [-0.15, -0.1) is 0 Å². The molecule has 0 spiro atoms. The van der Waals surface area contributed by atoms with Crippen molar-refractivity contribution >= 4 is 22.9 Å². The van der Waals surface area contributed by atoms with Crippen molar-refractivity contribution in [3.05, 3.63) is 29.7 Å². The molecular formula is C29H43N9O4. The fourth-order valence-corrected chi connectivity index (χ4v) is 6.24. The predicted octanol–water partition coefficient (Wildman–Crippen LogP) is 2.63. The highest BCUT2D eigenvalue weighted by atomic mass is 16.6. The first-order valence-corrected chi connectivity index (χ1v) is 15.0. The summed E-state index contributed by atoms with van der Waals surface area (Å²) < 4.78 is 12.6. The third-order valence-electron chi connectivity index (χ3n) is 8.41. The Morgan fingerprint density at radius 1 is 1.19 bits per heavy atom. The number of pyridine rings is 1. The number of carbonyl (C=O) groups excluding carboxylic acids is 1. The number of aliphatic hydroxyl groups is 1. The van der Waals surface area contributed by atoms with Gasteiger partial charge in [0, 0.05) is 24.9 Å². The highest BCUT2D eigenvalue weighted by Gasteiger charge is 2.28. The summed E-state index contributed by atoms with van der Waals surface area (Å²) in [7, 11) is 1.67. The number of aromatic nitrogens is 5. The number of amides is 1. The first kappa shape index (κ1) is 29.9. The molecule has 2 aliphatic heterocycles. The Morgan fingerprint density at radius 3 is 2.67 bits per heavy atom. The van der Waals surface area contributed by atoms with Gasteiger partial charge >= 0.3 is 12.1 Å². The molecule has 0 aliphatic carbocycles. The molecule has 0 saturated carbocycles. The molecule has 0 aromatic carbocycles. The molecule has 42 heavy (non-hydrogen) atoms. The smallest absolute Gasteiger partial charge is 0.412 e. The zero-order chi connectivity index (χ0) is 29.5. The van der Waals surface area contributed by atoms with Gasteiger partial charge in [-0.05, 0) is 82.3 Å². The number of nitrogens with one attached hydrogen (secondary N) is 2. The Hall–Kier alpha value is -3.55. The van der Waals surface area contributed by atoms with Gasteiger partial charge in [-0.1, -0.05) is 13.3 Å². The summed E-state index contributed by atoms with van der Waals surface area (Å²) >= 11 is 0. The SMILES string of the molecule is CCCC(CCO)Nc1nc(OC(N)=O)nc2cnn(Cc3ncc(C4CCN(C5CCNCC5)CC4)cc3OC)c12.